The quantitative estimate of drug-likeness (QED) is 0.634. The maximum Gasteiger partial charge on any atom is 0.167 e. The van der Waals surface area contributed by atoms with E-state index in [1.165, 1.54) is 0 Å². The molecule has 20 heavy (non-hydrogen) atoms. The van der Waals surface area contributed by atoms with E-state index in [-0.39, 0.29) is 11.7 Å². The normalized spacial score (nSPS) is 12.7. The van der Waals surface area contributed by atoms with Crippen molar-refractivity contribution in [3.63, 3.8) is 0 Å². The number of hydrogen-bond acceptors (Lipinski definition) is 2. The van der Waals surface area contributed by atoms with Gasteiger partial charge in [-0.25, -0.2) is 0 Å². The van der Waals surface area contributed by atoms with Crippen molar-refractivity contribution in [1.82, 2.24) is 4.90 Å². The molecule has 0 aliphatic heterocycles. The molecule has 0 spiro atoms. The second-order valence-corrected chi connectivity index (χ2v) is 5.78. The first-order valence-corrected chi connectivity index (χ1v) is 8.00. The standard InChI is InChI=1S/C16H23Cl2NO/c1-4-7-13(11-19(5-2)6-3)16(20)12-8-9-14(17)15(18)10-12/h8-10,13H,4-7,11H2,1-3H3. The third kappa shape index (κ3) is 4.76. The van der Waals surface area contributed by atoms with E-state index >= 15 is 0 Å². The van der Waals surface area contributed by atoms with Gasteiger partial charge >= 0.3 is 0 Å². The number of hydrogen-bond donors (Lipinski definition) is 0. The topological polar surface area (TPSA) is 20.3 Å². The van der Waals surface area contributed by atoms with Gasteiger partial charge in [-0.2, -0.15) is 0 Å². The molecule has 1 aromatic rings. The SMILES string of the molecule is CCCC(CN(CC)CC)C(=O)c1ccc(Cl)c(Cl)c1. The zero-order valence-electron chi connectivity index (χ0n) is 12.5. The van der Waals surface area contributed by atoms with Gasteiger partial charge in [-0.15, -0.1) is 0 Å². The Bertz CT molecular complexity index is 444. The number of ketones is 1. The van der Waals surface area contributed by atoms with E-state index in [4.69, 9.17) is 23.2 Å². The molecule has 0 saturated carbocycles. The van der Waals surface area contributed by atoms with Crippen LogP contribution in [0.2, 0.25) is 10.0 Å². The van der Waals surface area contributed by atoms with Crippen LogP contribution >= 0.6 is 23.2 Å². The molecule has 1 atom stereocenters. The van der Waals surface area contributed by atoms with E-state index in [0.717, 1.165) is 32.5 Å². The highest BCUT2D eigenvalue weighted by Crippen LogP contribution is 2.25. The Morgan fingerprint density at radius 3 is 2.30 bits per heavy atom. The fourth-order valence-electron chi connectivity index (χ4n) is 2.33. The lowest BCUT2D eigenvalue weighted by atomic mass is 9.93. The molecule has 0 saturated heterocycles. The molecule has 1 aromatic carbocycles. The van der Waals surface area contributed by atoms with E-state index in [1.807, 2.05) is 0 Å². The van der Waals surface area contributed by atoms with E-state index in [9.17, 15) is 4.79 Å². The minimum absolute atomic E-state index is 0.0251. The van der Waals surface area contributed by atoms with Gasteiger partial charge in [0.15, 0.2) is 5.78 Å². The Labute approximate surface area is 132 Å². The molecule has 0 aliphatic rings. The first-order chi connectivity index (χ1) is 9.53. The van der Waals surface area contributed by atoms with E-state index in [1.54, 1.807) is 18.2 Å². The number of benzene rings is 1. The Hall–Kier alpha value is -0.570. The third-order valence-electron chi connectivity index (χ3n) is 3.59. The molecule has 1 unspecified atom stereocenters. The largest absolute Gasteiger partial charge is 0.303 e. The van der Waals surface area contributed by atoms with Gasteiger partial charge < -0.3 is 4.90 Å². The fraction of sp³-hybridized carbons (Fsp3) is 0.562. The van der Waals surface area contributed by atoms with Crippen molar-refractivity contribution >= 4 is 29.0 Å². The summed E-state index contributed by atoms with van der Waals surface area (Å²) in [6.07, 6.45) is 1.90. The van der Waals surface area contributed by atoms with E-state index < -0.39 is 0 Å². The van der Waals surface area contributed by atoms with Gasteiger partial charge in [0, 0.05) is 18.0 Å². The van der Waals surface area contributed by atoms with Crippen LogP contribution in [-0.2, 0) is 0 Å². The van der Waals surface area contributed by atoms with Crippen LogP contribution in [0, 0.1) is 5.92 Å². The zero-order valence-corrected chi connectivity index (χ0v) is 14.0. The summed E-state index contributed by atoms with van der Waals surface area (Å²) in [5.74, 6) is 0.189. The maximum absolute atomic E-state index is 12.6. The number of halogens is 2. The van der Waals surface area contributed by atoms with Crippen molar-refractivity contribution in [2.75, 3.05) is 19.6 Å². The Morgan fingerprint density at radius 2 is 1.80 bits per heavy atom. The fourth-order valence-corrected chi connectivity index (χ4v) is 2.63. The first kappa shape index (κ1) is 17.5. The molecule has 4 heteroatoms. The lowest BCUT2D eigenvalue weighted by Crippen LogP contribution is -2.33. The van der Waals surface area contributed by atoms with Crippen molar-refractivity contribution in [2.24, 2.45) is 5.92 Å². The predicted molar refractivity (Wildman–Crippen MR) is 87.0 cm³/mol. The van der Waals surface area contributed by atoms with E-state index in [0.29, 0.717) is 15.6 Å². The molecule has 0 radical (unpaired) electrons. The van der Waals surface area contributed by atoms with Crippen molar-refractivity contribution in [3.8, 4) is 0 Å². The average molecular weight is 316 g/mol. The van der Waals surface area contributed by atoms with Crippen LogP contribution in [0.1, 0.15) is 44.0 Å². The predicted octanol–water partition coefficient (Wildman–Crippen LogP) is 4.93. The Balaban J connectivity index is 2.89. The number of carbonyl (C=O) groups excluding carboxylic acids is 1. The van der Waals surface area contributed by atoms with Gasteiger partial charge in [0.05, 0.1) is 10.0 Å². The summed E-state index contributed by atoms with van der Waals surface area (Å²) in [4.78, 5) is 14.9. The zero-order chi connectivity index (χ0) is 15.1. The lowest BCUT2D eigenvalue weighted by Gasteiger charge is -2.24. The highest BCUT2D eigenvalue weighted by Gasteiger charge is 2.21. The van der Waals surface area contributed by atoms with Gasteiger partial charge in [0.25, 0.3) is 0 Å². The minimum atomic E-state index is 0.0251. The summed E-state index contributed by atoms with van der Waals surface area (Å²) in [6, 6.07) is 5.14. The third-order valence-corrected chi connectivity index (χ3v) is 4.32. The maximum atomic E-state index is 12.6. The van der Waals surface area contributed by atoms with Crippen LogP contribution in [0.5, 0.6) is 0 Å². The van der Waals surface area contributed by atoms with Gasteiger partial charge in [-0.05, 0) is 37.7 Å². The number of nitrogens with zero attached hydrogens (tertiary/aromatic N) is 1. The summed E-state index contributed by atoms with van der Waals surface area (Å²) in [5.41, 5.74) is 0.657. The molecule has 0 heterocycles. The van der Waals surface area contributed by atoms with Crippen molar-refractivity contribution < 1.29 is 4.79 Å². The highest BCUT2D eigenvalue weighted by molar-refractivity contribution is 6.42. The van der Waals surface area contributed by atoms with Crippen LogP contribution < -0.4 is 0 Å². The molecule has 0 fully saturated rings. The van der Waals surface area contributed by atoms with Gasteiger partial charge in [0.1, 0.15) is 0 Å². The molecule has 112 valence electrons. The molecule has 0 aromatic heterocycles. The van der Waals surface area contributed by atoms with Crippen LogP contribution in [-0.4, -0.2) is 30.3 Å². The summed E-state index contributed by atoms with van der Waals surface area (Å²) in [5, 5.41) is 0.926. The second-order valence-electron chi connectivity index (χ2n) is 4.96. The minimum Gasteiger partial charge on any atom is -0.303 e. The first-order valence-electron chi connectivity index (χ1n) is 7.25. The van der Waals surface area contributed by atoms with Gasteiger partial charge in [-0.3, -0.25) is 4.79 Å². The molecule has 0 amide bonds. The summed E-state index contributed by atoms with van der Waals surface area (Å²) >= 11 is 11.9. The van der Waals surface area contributed by atoms with Crippen molar-refractivity contribution in [2.45, 2.75) is 33.6 Å². The second kappa shape index (κ2) is 8.66. The molecule has 0 N–H and O–H groups in total. The number of carbonyl (C=O) groups is 1. The number of rotatable bonds is 8. The Kier molecular flexibility index (Phi) is 7.57. The average Bonchev–Trinajstić information content (AvgIpc) is 2.45. The molecule has 1 rings (SSSR count). The van der Waals surface area contributed by atoms with Gasteiger partial charge in [0.2, 0.25) is 0 Å². The van der Waals surface area contributed by atoms with Crippen LogP contribution in [0.3, 0.4) is 0 Å². The van der Waals surface area contributed by atoms with Crippen molar-refractivity contribution in [1.29, 1.82) is 0 Å². The monoisotopic (exact) mass is 315 g/mol. The molecule has 0 aliphatic carbocycles. The highest BCUT2D eigenvalue weighted by atomic mass is 35.5. The van der Waals surface area contributed by atoms with Crippen LogP contribution in [0.4, 0.5) is 0 Å². The molecular weight excluding hydrogens is 293 g/mol. The molecule has 0 bridgehead atoms. The summed E-state index contributed by atoms with van der Waals surface area (Å²) < 4.78 is 0. The van der Waals surface area contributed by atoms with E-state index in [2.05, 4.69) is 25.7 Å². The van der Waals surface area contributed by atoms with Crippen molar-refractivity contribution in [3.05, 3.63) is 33.8 Å². The summed E-state index contributed by atoms with van der Waals surface area (Å²) in [6.45, 7) is 9.08. The van der Waals surface area contributed by atoms with Crippen LogP contribution in [0.25, 0.3) is 0 Å². The Morgan fingerprint density at radius 1 is 1.15 bits per heavy atom. The molecule has 2 nitrogen and oxygen atoms in total. The summed E-state index contributed by atoms with van der Waals surface area (Å²) in [7, 11) is 0. The number of Topliss-reactive ketones (excluding diaryl/α,β-unsaturated/α-hetero) is 1. The lowest BCUT2D eigenvalue weighted by molar-refractivity contribution is 0.0875. The smallest absolute Gasteiger partial charge is 0.167 e. The molecular formula is C16H23Cl2NO. The van der Waals surface area contributed by atoms with Crippen LogP contribution in [0.15, 0.2) is 18.2 Å². The van der Waals surface area contributed by atoms with Gasteiger partial charge in [-0.1, -0.05) is 50.4 Å².